The minimum atomic E-state index is 0.317. The van der Waals surface area contributed by atoms with E-state index < -0.39 is 0 Å². The van der Waals surface area contributed by atoms with Crippen molar-refractivity contribution in [1.29, 1.82) is 0 Å². The third-order valence-corrected chi connectivity index (χ3v) is 3.54. The third kappa shape index (κ3) is 2.44. The third-order valence-electron chi connectivity index (χ3n) is 3.54. The van der Waals surface area contributed by atoms with Gasteiger partial charge >= 0.3 is 0 Å². The van der Waals surface area contributed by atoms with Crippen molar-refractivity contribution in [2.45, 2.75) is 62.9 Å². The molecule has 0 saturated heterocycles. The van der Waals surface area contributed by atoms with Crippen molar-refractivity contribution in [1.82, 2.24) is 5.32 Å². The molecule has 0 spiro atoms. The van der Waals surface area contributed by atoms with Crippen LogP contribution in [-0.2, 0) is 0 Å². The summed E-state index contributed by atoms with van der Waals surface area (Å²) < 4.78 is 0. The quantitative estimate of drug-likeness (QED) is 0.653. The SMILES string of the molecule is NCC1(NC2CC2)CCCCCC1. The largest absolute Gasteiger partial charge is 0.329 e. The molecular weight excluding hydrogens is 160 g/mol. The van der Waals surface area contributed by atoms with E-state index in [0.717, 1.165) is 12.6 Å². The monoisotopic (exact) mass is 182 g/mol. The Labute approximate surface area is 81.3 Å². The highest BCUT2D eigenvalue weighted by Gasteiger charge is 2.35. The van der Waals surface area contributed by atoms with Crippen molar-refractivity contribution < 1.29 is 0 Å². The maximum Gasteiger partial charge on any atom is 0.0306 e. The lowest BCUT2D eigenvalue weighted by atomic mass is 9.90. The molecule has 0 heterocycles. The van der Waals surface area contributed by atoms with Crippen molar-refractivity contribution >= 4 is 0 Å². The molecule has 0 aromatic heterocycles. The van der Waals surface area contributed by atoms with E-state index in [1.165, 1.54) is 51.4 Å². The summed E-state index contributed by atoms with van der Waals surface area (Å²) in [5, 5.41) is 3.77. The van der Waals surface area contributed by atoms with E-state index in [0.29, 0.717) is 5.54 Å². The molecule has 0 atom stereocenters. The van der Waals surface area contributed by atoms with Crippen LogP contribution in [0.4, 0.5) is 0 Å². The van der Waals surface area contributed by atoms with Crippen LogP contribution < -0.4 is 11.1 Å². The molecule has 2 aliphatic carbocycles. The van der Waals surface area contributed by atoms with Gasteiger partial charge in [-0.25, -0.2) is 0 Å². The second-order valence-electron chi connectivity index (χ2n) is 4.82. The highest BCUT2D eigenvalue weighted by atomic mass is 15.1. The zero-order valence-corrected chi connectivity index (χ0v) is 8.52. The molecule has 3 N–H and O–H groups in total. The van der Waals surface area contributed by atoms with Crippen LogP contribution in [0.3, 0.4) is 0 Å². The molecule has 0 unspecified atom stereocenters. The molecule has 76 valence electrons. The number of rotatable bonds is 3. The molecule has 0 radical (unpaired) electrons. The first-order chi connectivity index (χ1) is 6.35. The van der Waals surface area contributed by atoms with Crippen molar-refractivity contribution in [2.24, 2.45) is 5.73 Å². The maximum atomic E-state index is 5.92. The summed E-state index contributed by atoms with van der Waals surface area (Å²) in [6.45, 7) is 0.837. The van der Waals surface area contributed by atoms with Gasteiger partial charge in [-0.3, -0.25) is 0 Å². The Hall–Kier alpha value is -0.0800. The van der Waals surface area contributed by atoms with Gasteiger partial charge in [-0.2, -0.15) is 0 Å². The summed E-state index contributed by atoms with van der Waals surface area (Å²) in [5.74, 6) is 0. The van der Waals surface area contributed by atoms with Crippen LogP contribution >= 0.6 is 0 Å². The molecular formula is C11H22N2. The zero-order chi connectivity index (χ0) is 9.15. The second kappa shape index (κ2) is 3.97. The molecule has 0 amide bonds. The molecule has 2 fully saturated rings. The Morgan fingerprint density at radius 1 is 1.08 bits per heavy atom. The summed E-state index contributed by atoms with van der Waals surface area (Å²) in [6, 6.07) is 0.807. The Morgan fingerprint density at radius 2 is 1.69 bits per heavy atom. The fraction of sp³-hybridized carbons (Fsp3) is 1.00. The molecule has 0 aromatic rings. The predicted octanol–water partition coefficient (Wildman–Crippen LogP) is 1.79. The van der Waals surface area contributed by atoms with Crippen LogP contribution in [0.25, 0.3) is 0 Å². The lowest BCUT2D eigenvalue weighted by Gasteiger charge is -2.33. The molecule has 2 heteroatoms. The Bertz CT molecular complexity index is 155. The van der Waals surface area contributed by atoms with Gasteiger partial charge in [0.2, 0.25) is 0 Å². The van der Waals surface area contributed by atoms with Gasteiger partial charge in [0.15, 0.2) is 0 Å². The average Bonchev–Trinajstić information content (AvgIpc) is 2.94. The standard InChI is InChI=1S/C11H22N2/c12-9-11(13-10-5-6-10)7-3-1-2-4-8-11/h10,13H,1-9,12H2. The molecule has 2 aliphatic rings. The van der Waals surface area contributed by atoms with Gasteiger partial charge in [-0.1, -0.05) is 25.7 Å². The van der Waals surface area contributed by atoms with E-state index in [9.17, 15) is 0 Å². The van der Waals surface area contributed by atoms with E-state index in [2.05, 4.69) is 5.32 Å². The number of hydrogen-bond donors (Lipinski definition) is 2. The molecule has 2 nitrogen and oxygen atoms in total. The van der Waals surface area contributed by atoms with Gasteiger partial charge < -0.3 is 11.1 Å². The van der Waals surface area contributed by atoms with Crippen molar-refractivity contribution in [3.05, 3.63) is 0 Å². The van der Waals surface area contributed by atoms with Crippen LogP contribution in [0, 0.1) is 0 Å². The molecule has 0 aromatic carbocycles. The zero-order valence-electron chi connectivity index (χ0n) is 8.52. The molecule has 0 aliphatic heterocycles. The first-order valence-electron chi connectivity index (χ1n) is 5.82. The number of nitrogens with two attached hydrogens (primary N) is 1. The van der Waals surface area contributed by atoms with E-state index in [1.54, 1.807) is 0 Å². The molecule has 2 saturated carbocycles. The van der Waals surface area contributed by atoms with Crippen LogP contribution in [-0.4, -0.2) is 18.1 Å². The molecule has 2 rings (SSSR count). The average molecular weight is 182 g/mol. The van der Waals surface area contributed by atoms with Gasteiger partial charge in [0, 0.05) is 18.1 Å². The Morgan fingerprint density at radius 3 is 2.15 bits per heavy atom. The van der Waals surface area contributed by atoms with E-state index in [1.807, 2.05) is 0 Å². The van der Waals surface area contributed by atoms with E-state index in [4.69, 9.17) is 5.73 Å². The van der Waals surface area contributed by atoms with Gasteiger partial charge in [0.1, 0.15) is 0 Å². The normalized spacial score (nSPS) is 28.4. The van der Waals surface area contributed by atoms with Gasteiger partial charge in [-0.05, 0) is 25.7 Å². The van der Waals surface area contributed by atoms with Crippen molar-refractivity contribution in [3.63, 3.8) is 0 Å². The summed E-state index contributed by atoms with van der Waals surface area (Å²) >= 11 is 0. The van der Waals surface area contributed by atoms with Gasteiger partial charge in [0.25, 0.3) is 0 Å². The number of nitrogens with one attached hydrogen (secondary N) is 1. The fourth-order valence-electron chi connectivity index (χ4n) is 2.47. The smallest absolute Gasteiger partial charge is 0.0306 e. The van der Waals surface area contributed by atoms with Crippen LogP contribution in [0.1, 0.15) is 51.4 Å². The Balaban J connectivity index is 1.92. The van der Waals surface area contributed by atoms with Crippen LogP contribution in [0.2, 0.25) is 0 Å². The topological polar surface area (TPSA) is 38.0 Å². The van der Waals surface area contributed by atoms with Crippen LogP contribution in [0.15, 0.2) is 0 Å². The van der Waals surface area contributed by atoms with E-state index in [-0.39, 0.29) is 0 Å². The minimum Gasteiger partial charge on any atom is -0.329 e. The van der Waals surface area contributed by atoms with Gasteiger partial charge in [-0.15, -0.1) is 0 Å². The predicted molar refractivity (Wildman–Crippen MR) is 55.6 cm³/mol. The highest BCUT2D eigenvalue weighted by molar-refractivity contribution is 4.96. The van der Waals surface area contributed by atoms with Crippen molar-refractivity contribution in [3.8, 4) is 0 Å². The molecule has 13 heavy (non-hydrogen) atoms. The minimum absolute atomic E-state index is 0.317. The Kier molecular flexibility index (Phi) is 2.89. The van der Waals surface area contributed by atoms with Gasteiger partial charge in [0.05, 0.1) is 0 Å². The first kappa shape index (κ1) is 9.47. The summed E-state index contributed by atoms with van der Waals surface area (Å²) in [7, 11) is 0. The lowest BCUT2D eigenvalue weighted by molar-refractivity contribution is 0.289. The van der Waals surface area contributed by atoms with Crippen LogP contribution in [0.5, 0.6) is 0 Å². The van der Waals surface area contributed by atoms with Crippen molar-refractivity contribution in [2.75, 3.05) is 6.54 Å². The number of hydrogen-bond acceptors (Lipinski definition) is 2. The highest BCUT2D eigenvalue weighted by Crippen LogP contribution is 2.30. The lowest BCUT2D eigenvalue weighted by Crippen LogP contribution is -2.51. The summed E-state index contributed by atoms with van der Waals surface area (Å²) in [6.07, 6.45) is 10.9. The summed E-state index contributed by atoms with van der Waals surface area (Å²) in [4.78, 5) is 0. The molecule has 0 bridgehead atoms. The maximum absolute atomic E-state index is 5.92. The fourth-order valence-corrected chi connectivity index (χ4v) is 2.47. The summed E-state index contributed by atoms with van der Waals surface area (Å²) in [5.41, 5.74) is 6.24. The first-order valence-corrected chi connectivity index (χ1v) is 5.82. The van der Waals surface area contributed by atoms with E-state index >= 15 is 0 Å². The second-order valence-corrected chi connectivity index (χ2v) is 4.82.